The quantitative estimate of drug-likeness (QED) is 0.256. The van der Waals surface area contributed by atoms with Crippen molar-refractivity contribution in [3.8, 4) is 45.9 Å². The molecule has 0 aliphatic heterocycles. The van der Waals surface area contributed by atoms with Gasteiger partial charge in [-0.2, -0.15) is 10.5 Å². The second-order valence-electron chi connectivity index (χ2n) is 7.54. The summed E-state index contributed by atoms with van der Waals surface area (Å²) < 4.78 is 38.2. The van der Waals surface area contributed by atoms with Gasteiger partial charge in [-0.3, -0.25) is 0 Å². The Kier molecular flexibility index (Phi) is 9.46. The molecule has 0 radical (unpaired) electrons. The van der Waals surface area contributed by atoms with Crippen molar-refractivity contribution < 1.29 is 18.3 Å². The Labute approximate surface area is 223 Å². The van der Waals surface area contributed by atoms with Crippen LogP contribution < -0.4 is 9.47 Å². The summed E-state index contributed by atoms with van der Waals surface area (Å²) in [7, 11) is 1.56. The van der Waals surface area contributed by atoms with Crippen molar-refractivity contribution in [3.63, 3.8) is 0 Å². The third-order valence-electron chi connectivity index (χ3n) is 5.18. The molecule has 0 N–H and O–H groups in total. The molecule has 4 aromatic rings. The molecule has 186 valence electrons. The molecule has 0 aliphatic rings. The summed E-state index contributed by atoms with van der Waals surface area (Å²) in [5.74, 6) is 0.387. The maximum atomic E-state index is 14.0. The number of hydrogen-bond donors (Lipinski definition) is 0. The van der Waals surface area contributed by atoms with E-state index < -0.39 is 11.6 Å². The number of ether oxygens (including phenoxy) is 2. The molecule has 0 saturated carbocycles. The third kappa shape index (κ3) is 6.77. The van der Waals surface area contributed by atoms with Crippen molar-refractivity contribution in [2.24, 2.45) is 0 Å². The summed E-state index contributed by atoms with van der Waals surface area (Å²) in [6, 6.07) is 22.9. The molecule has 0 aromatic heterocycles. The van der Waals surface area contributed by atoms with E-state index in [0.717, 1.165) is 5.75 Å². The Morgan fingerprint density at radius 3 is 1.43 bits per heavy atom. The van der Waals surface area contributed by atoms with Crippen LogP contribution in [0.1, 0.15) is 18.1 Å². The van der Waals surface area contributed by atoms with Crippen LogP contribution in [0.5, 0.6) is 11.5 Å². The first-order chi connectivity index (χ1) is 17.8. The third-order valence-corrected chi connectivity index (χ3v) is 5.77. The van der Waals surface area contributed by atoms with Crippen LogP contribution in [0.25, 0.3) is 22.3 Å². The van der Waals surface area contributed by atoms with Crippen LogP contribution in [-0.4, -0.2) is 13.7 Å². The van der Waals surface area contributed by atoms with Gasteiger partial charge in [0.1, 0.15) is 23.1 Å². The SMILES string of the molecule is CCOc1ccc(-c2c(F)cc(C#N)cc2Cl)cc1.COc1ccc(-c2c(F)cc(C#N)cc2Cl)cc1. The number of halogens is 4. The maximum absolute atomic E-state index is 14.0. The van der Waals surface area contributed by atoms with E-state index in [9.17, 15) is 8.78 Å². The molecular formula is C29H20Cl2F2N2O2. The smallest absolute Gasteiger partial charge is 0.133 e. The van der Waals surface area contributed by atoms with E-state index in [1.807, 2.05) is 19.1 Å². The van der Waals surface area contributed by atoms with E-state index in [1.165, 1.54) is 24.3 Å². The Balaban J connectivity index is 0.000000206. The van der Waals surface area contributed by atoms with Gasteiger partial charge in [0, 0.05) is 11.1 Å². The Bertz CT molecular complexity index is 1430. The van der Waals surface area contributed by atoms with Gasteiger partial charge in [0.25, 0.3) is 0 Å². The average Bonchev–Trinajstić information content (AvgIpc) is 2.89. The molecule has 0 saturated heterocycles. The molecule has 4 aromatic carbocycles. The summed E-state index contributed by atoms with van der Waals surface area (Å²) in [5.41, 5.74) is 2.28. The van der Waals surface area contributed by atoms with E-state index in [1.54, 1.807) is 55.6 Å². The van der Waals surface area contributed by atoms with Gasteiger partial charge < -0.3 is 9.47 Å². The number of nitriles is 2. The molecule has 4 nitrogen and oxygen atoms in total. The highest BCUT2D eigenvalue weighted by atomic mass is 35.5. The molecule has 0 aliphatic carbocycles. The van der Waals surface area contributed by atoms with Crippen LogP contribution in [0.2, 0.25) is 10.0 Å². The molecule has 0 heterocycles. The molecule has 0 spiro atoms. The molecule has 37 heavy (non-hydrogen) atoms. The minimum atomic E-state index is -0.510. The number of rotatable bonds is 5. The summed E-state index contributed by atoms with van der Waals surface area (Å²) in [6.07, 6.45) is 0. The largest absolute Gasteiger partial charge is 0.497 e. The zero-order chi connectivity index (χ0) is 26.9. The second-order valence-corrected chi connectivity index (χ2v) is 8.35. The van der Waals surface area contributed by atoms with Crippen LogP contribution in [-0.2, 0) is 0 Å². The first-order valence-electron chi connectivity index (χ1n) is 11.0. The predicted molar refractivity (Wildman–Crippen MR) is 141 cm³/mol. The fourth-order valence-electron chi connectivity index (χ4n) is 3.47. The fraction of sp³-hybridized carbons (Fsp3) is 0.103. The average molecular weight is 537 g/mol. The zero-order valence-corrected chi connectivity index (χ0v) is 21.4. The van der Waals surface area contributed by atoms with Crippen molar-refractivity contribution in [1.29, 1.82) is 10.5 Å². The number of methoxy groups -OCH3 is 1. The molecule has 0 amide bonds. The Hall–Kier alpha value is -4.10. The number of hydrogen-bond acceptors (Lipinski definition) is 4. The fourth-order valence-corrected chi connectivity index (χ4v) is 4.10. The van der Waals surface area contributed by atoms with E-state index in [0.29, 0.717) is 34.6 Å². The van der Waals surface area contributed by atoms with Crippen LogP contribution >= 0.6 is 23.2 Å². The van der Waals surface area contributed by atoms with Gasteiger partial charge >= 0.3 is 0 Å². The van der Waals surface area contributed by atoms with Crippen molar-refractivity contribution in [2.45, 2.75) is 6.92 Å². The van der Waals surface area contributed by atoms with Gasteiger partial charge in [-0.15, -0.1) is 0 Å². The minimum absolute atomic E-state index is 0.203. The predicted octanol–water partition coefficient (Wildman–Crippen LogP) is 8.44. The zero-order valence-electron chi connectivity index (χ0n) is 19.9. The summed E-state index contributed by atoms with van der Waals surface area (Å²) in [4.78, 5) is 0. The van der Waals surface area contributed by atoms with Gasteiger partial charge in [-0.25, -0.2) is 8.78 Å². The van der Waals surface area contributed by atoms with Gasteiger partial charge in [0.05, 0.1) is 47.0 Å². The minimum Gasteiger partial charge on any atom is -0.497 e. The van der Waals surface area contributed by atoms with Gasteiger partial charge in [0.15, 0.2) is 0 Å². The Morgan fingerprint density at radius 2 is 1.11 bits per heavy atom. The summed E-state index contributed by atoms with van der Waals surface area (Å²) in [5, 5.41) is 17.9. The lowest BCUT2D eigenvalue weighted by molar-refractivity contribution is 0.340. The van der Waals surface area contributed by atoms with Crippen LogP contribution in [0.4, 0.5) is 8.78 Å². The molecule has 0 bridgehead atoms. The van der Waals surface area contributed by atoms with Gasteiger partial charge in [-0.1, -0.05) is 47.5 Å². The molecule has 0 atom stereocenters. The monoisotopic (exact) mass is 536 g/mol. The lowest BCUT2D eigenvalue weighted by Gasteiger charge is -2.08. The van der Waals surface area contributed by atoms with Crippen LogP contribution in [0, 0.1) is 34.3 Å². The first kappa shape index (κ1) is 27.5. The van der Waals surface area contributed by atoms with E-state index in [2.05, 4.69) is 0 Å². The molecular weight excluding hydrogens is 517 g/mol. The lowest BCUT2D eigenvalue weighted by atomic mass is 10.0. The number of nitrogens with zero attached hydrogens (tertiary/aromatic N) is 2. The first-order valence-corrected chi connectivity index (χ1v) is 11.7. The van der Waals surface area contributed by atoms with E-state index in [4.69, 9.17) is 43.2 Å². The standard InChI is InChI=1S/C15H11ClFNO.C14H9ClFNO/c1-2-19-12-5-3-11(4-6-12)15-13(16)7-10(9-18)8-14(15)17;1-18-11-4-2-10(3-5-11)14-12(15)6-9(8-17)7-13(14)16/h3-8H,2H2,1H3;2-7H,1H3. The topological polar surface area (TPSA) is 66.0 Å². The second kappa shape index (κ2) is 12.7. The molecule has 0 fully saturated rings. The molecule has 8 heteroatoms. The Morgan fingerprint density at radius 1 is 0.703 bits per heavy atom. The normalized spacial score (nSPS) is 9.95. The highest BCUT2D eigenvalue weighted by molar-refractivity contribution is 6.33. The highest BCUT2D eigenvalue weighted by Gasteiger charge is 2.13. The van der Waals surface area contributed by atoms with Crippen LogP contribution in [0.3, 0.4) is 0 Å². The van der Waals surface area contributed by atoms with Crippen molar-refractivity contribution in [3.05, 3.63) is 106 Å². The molecule has 0 unspecified atom stereocenters. The summed E-state index contributed by atoms with van der Waals surface area (Å²) in [6.45, 7) is 2.47. The van der Waals surface area contributed by atoms with Crippen molar-refractivity contribution in [1.82, 2.24) is 0 Å². The highest BCUT2D eigenvalue weighted by Crippen LogP contribution is 2.34. The van der Waals surface area contributed by atoms with E-state index >= 15 is 0 Å². The van der Waals surface area contributed by atoms with Gasteiger partial charge in [0.2, 0.25) is 0 Å². The van der Waals surface area contributed by atoms with Gasteiger partial charge in [-0.05, 0) is 66.6 Å². The number of benzene rings is 4. The van der Waals surface area contributed by atoms with Crippen molar-refractivity contribution >= 4 is 23.2 Å². The van der Waals surface area contributed by atoms with E-state index in [-0.39, 0.29) is 21.2 Å². The summed E-state index contributed by atoms with van der Waals surface area (Å²) >= 11 is 12.0. The maximum Gasteiger partial charge on any atom is 0.133 e. The van der Waals surface area contributed by atoms with Crippen LogP contribution in [0.15, 0.2) is 72.8 Å². The lowest BCUT2D eigenvalue weighted by Crippen LogP contribution is -1.92. The molecule has 4 rings (SSSR count). The van der Waals surface area contributed by atoms with Crippen molar-refractivity contribution in [2.75, 3.05) is 13.7 Å².